The van der Waals surface area contributed by atoms with Crippen molar-refractivity contribution in [3.8, 4) is 0 Å². The van der Waals surface area contributed by atoms with Crippen molar-refractivity contribution in [2.75, 3.05) is 52.4 Å². The maximum Gasteiger partial charge on any atom is 0.0108 e. The number of nitrogens with zero attached hydrogens (tertiary/aromatic N) is 2. The van der Waals surface area contributed by atoms with E-state index >= 15 is 0 Å². The molecule has 0 saturated carbocycles. The van der Waals surface area contributed by atoms with Crippen LogP contribution < -0.4 is 5.32 Å². The van der Waals surface area contributed by atoms with Crippen molar-refractivity contribution < 1.29 is 0 Å². The molecule has 2 fully saturated rings. The van der Waals surface area contributed by atoms with Gasteiger partial charge in [-0.3, -0.25) is 0 Å². The molecule has 1 N–H and O–H groups in total. The monoisotopic (exact) mass is 211 g/mol. The Bertz CT molecular complexity index is 172. The summed E-state index contributed by atoms with van der Waals surface area (Å²) in [5, 5.41) is 3.41. The Morgan fingerprint density at radius 3 is 2.53 bits per heavy atom. The molecule has 15 heavy (non-hydrogen) atoms. The van der Waals surface area contributed by atoms with Crippen molar-refractivity contribution in [2.45, 2.75) is 19.8 Å². The van der Waals surface area contributed by atoms with Gasteiger partial charge < -0.3 is 15.1 Å². The summed E-state index contributed by atoms with van der Waals surface area (Å²) < 4.78 is 0. The van der Waals surface area contributed by atoms with Gasteiger partial charge in [0.05, 0.1) is 0 Å². The van der Waals surface area contributed by atoms with Crippen molar-refractivity contribution in [2.24, 2.45) is 5.92 Å². The van der Waals surface area contributed by atoms with Gasteiger partial charge in [0.1, 0.15) is 0 Å². The highest BCUT2D eigenvalue weighted by molar-refractivity contribution is 4.83. The minimum absolute atomic E-state index is 0.958. The van der Waals surface area contributed by atoms with Crippen LogP contribution in [0.15, 0.2) is 0 Å². The van der Waals surface area contributed by atoms with Crippen LogP contribution in [0.4, 0.5) is 0 Å². The third-order valence-electron chi connectivity index (χ3n) is 3.59. The summed E-state index contributed by atoms with van der Waals surface area (Å²) in [6, 6.07) is 0. The molecule has 0 spiro atoms. The molecule has 0 aromatic rings. The lowest BCUT2D eigenvalue weighted by atomic mass is 9.99. The quantitative estimate of drug-likeness (QED) is 0.719. The second-order valence-corrected chi connectivity index (χ2v) is 5.03. The number of nitrogens with one attached hydrogen (secondary N) is 1. The molecular weight excluding hydrogens is 186 g/mol. The molecule has 0 aromatic heterocycles. The summed E-state index contributed by atoms with van der Waals surface area (Å²) in [6.45, 7) is 12.5. The van der Waals surface area contributed by atoms with E-state index in [1.165, 1.54) is 65.2 Å². The van der Waals surface area contributed by atoms with Crippen molar-refractivity contribution >= 4 is 0 Å². The minimum atomic E-state index is 0.958. The van der Waals surface area contributed by atoms with Crippen molar-refractivity contribution in [1.82, 2.24) is 15.1 Å². The largest absolute Gasteiger partial charge is 0.314 e. The predicted octanol–water partition coefficient (Wildman–Crippen LogP) is 0.624. The van der Waals surface area contributed by atoms with E-state index in [0.29, 0.717) is 0 Å². The van der Waals surface area contributed by atoms with E-state index in [0.717, 1.165) is 5.92 Å². The van der Waals surface area contributed by atoms with Gasteiger partial charge in [0.15, 0.2) is 0 Å². The summed E-state index contributed by atoms with van der Waals surface area (Å²) in [5.41, 5.74) is 0. The molecule has 2 rings (SSSR count). The molecule has 2 saturated heterocycles. The van der Waals surface area contributed by atoms with Gasteiger partial charge in [0.2, 0.25) is 0 Å². The van der Waals surface area contributed by atoms with Gasteiger partial charge in [0.25, 0.3) is 0 Å². The molecule has 0 bridgehead atoms. The first-order valence-electron chi connectivity index (χ1n) is 6.54. The molecule has 0 unspecified atom stereocenters. The summed E-state index contributed by atoms with van der Waals surface area (Å²) in [5.74, 6) is 0.958. The van der Waals surface area contributed by atoms with E-state index in [9.17, 15) is 0 Å². The fraction of sp³-hybridized carbons (Fsp3) is 1.00. The van der Waals surface area contributed by atoms with Gasteiger partial charge in [-0.2, -0.15) is 0 Å². The number of hydrogen-bond donors (Lipinski definition) is 1. The first-order valence-corrected chi connectivity index (χ1v) is 6.54. The van der Waals surface area contributed by atoms with E-state index in [4.69, 9.17) is 0 Å². The average molecular weight is 211 g/mol. The number of likely N-dealkylation sites (tertiary alicyclic amines) is 1. The van der Waals surface area contributed by atoms with E-state index < -0.39 is 0 Å². The van der Waals surface area contributed by atoms with Crippen LogP contribution in [0.3, 0.4) is 0 Å². The molecule has 88 valence electrons. The Hall–Kier alpha value is -0.120. The molecule has 2 heterocycles. The maximum atomic E-state index is 3.41. The van der Waals surface area contributed by atoms with Crippen LogP contribution in [0.5, 0.6) is 0 Å². The van der Waals surface area contributed by atoms with Crippen LogP contribution in [-0.4, -0.2) is 62.2 Å². The summed E-state index contributed by atoms with van der Waals surface area (Å²) >= 11 is 0. The smallest absolute Gasteiger partial charge is 0.0108 e. The third-order valence-corrected chi connectivity index (χ3v) is 3.59. The molecule has 2 aliphatic heterocycles. The Kier molecular flexibility index (Phi) is 4.42. The van der Waals surface area contributed by atoms with Crippen molar-refractivity contribution in [1.29, 1.82) is 0 Å². The van der Waals surface area contributed by atoms with Crippen LogP contribution in [-0.2, 0) is 0 Å². The molecule has 0 aliphatic carbocycles. The Morgan fingerprint density at radius 2 is 1.87 bits per heavy atom. The van der Waals surface area contributed by atoms with Gasteiger partial charge in [0, 0.05) is 45.8 Å². The van der Waals surface area contributed by atoms with Crippen LogP contribution >= 0.6 is 0 Å². The lowest BCUT2D eigenvalue weighted by Gasteiger charge is -2.42. The lowest BCUT2D eigenvalue weighted by Crippen LogP contribution is -2.54. The number of piperazine rings is 1. The van der Waals surface area contributed by atoms with E-state index in [2.05, 4.69) is 22.0 Å². The first kappa shape index (κ1) is 11.4. The molecule has 3 nitrogen and oxygen atoms in total. The Labute approximate surface area is 93.8 Å². The SMILES string of the molecule is CCCCN1CC(CN2CCNCC2)C1. The van der Waals surface area contributed by atoms with Crippen molar-refractivity contribution in [3.05, 3.63) is 0 Å². The highest BCUT2D eigenvalue weighted by atomic mass is 15.2. The number of unbranched alkanes of at least 4 members (excludes halogenated alkanes) is 1. The second kappa shape index (κ2) is 5.83. The highest BCUT2D eigenvalue weighted by Crippen LogP contribution is 2.17. The topological polar surface area (TPSA) is 18.5 Å². The molecule has 0 amide bonds. The number of rotatable bonds is 5. The van der Waals surface area contributed by atoms with E-state index in [1.807, 2.05) is 0 Å². The lowest BCUT2D eigenvalue weighted by molar-refractivity contribution is 0.0625. The minimum Gasteiger partial charge on any atom is -0.314 e. The zero-order valence-electron chi connectivity index (χ0n) is 10.0. The van der Waals surface area contributed by atoms with Crippen LogP contribution in [0, 0.1) is 5.92 Å². The first-order chi connectivity index (χ1) is 7.38. The van der Waals surface area contributed by atoms with Crippen LogP contribution in [0.2, 0.25) is 0 Å². The standard InChI is InChI=1S/C12H25N3/c1-2-3-6-15-10-12(11-15)9-14-7-4-13-5-8-14/h12-13H,2-11H2,1H3. The van der Waals surface area contributed by atoms with Crippen LogP contribution in [0.25, 0.3) is 0 Å². The van der Waals surface area contributed by atoms with Gasteiger partial charge >= 0.3 is 0 Å². The average Bonchev–Trinajstić information content (AvgIpc) is 2.23. The Balaban J connectivity index is 1.54. The predicted molar refractivity (Wildman–Crippen MR) is 64.1 cm³/mol. The highest BCUT2D eigenvalue weighted by Gasteiger charge is 2.27. The fourth-order valence-corrected chi connectivity index (χ4v) is 2.62. The normalized spacial score (nSPS) is 25.4. The summed E-state index contributed by atoms with van der Waals surface area (Å²) in [4.78, 5) is 5.23. The van der Waals surface area contributed by atoms with Crippen LogP contribution in [0.1, 0.15) is 19.8 Å². The maximum absolute atomic E-state index is 3.41. The number of hydrogen-bond acceptors (Lipinski definition) is 3. The van der Waals surface area contributed by atoms with E-state index in [1.54, 1.807) is 0 Å². The van der Waals surface area contributed by atoms with Gasteiger partial charge in [-0.15, -0.1) is 0 Å². The molecule has 0 radical (unpaired) electrons. The third kappa shape index (κ3) is 3.44. The van der Waals surface area contributed by atoms with Crippen molar-refractivity contribution in [3.63, 3.8) is 0 Å². The molecule has 0 aromatic carbocycles. The van der Waals surface area contributed by atoms with Gasteiger partial charge in [-0.1, -0.05) is 13.3 Å². The van der Waals surface area contributed by atoms with Gasteiger partial charge in [-0.05, 0) is 18.9 Å². The molecular formula is C12H25N3. The summed E-state index contributed by atoms with van der Waals surface area (Å²) in [7, 11) is 0. The summed E-state index contributed by atoms with van der Waals surface area (Å²) in [6.07, 6.45) is 2.71. The fourth-order valence-electron chi connectivity index (χ4n) is 2.62. The zero-order chi connectivity index (χ0) is 10.5. The Morgan fingerprint density at radius 1 is 1.13 bits per heavy atom. The molecule has 2 aliphatic rings. The van der Waals surface area contributed by atoms with E-state index in [-0.39, 0.29) is 0 Å². The van der Waals surface area contributed by atoms with Gasteiger partial charge in [-0.25, -0.2) is 0 Å². The zero-order valence-corrected chi connectivity index (χ0v) is 10.0. The molecule has 0 atom stereocenters. The second-order valence-electron chi connectivity index (χ2n) is 5.03. The molecule has 3 heteroatoms.